The minimum Gasteiger partial charge on any atom is -0.493 e. The standard InChI is InChI=1S/C26H25N3O3S/c1-31-23-13-19-10-12-29(15-20(19)14-24(23)32-2)26(30)18-6-8-22(9-7-18)33-17-21-16-28-11-4-3-5-25(28)27-21/h3-9,11,13-14,16H,10,12,15,17H2,1-2H3. The van der Waals surface area contributed by atoms with Crippen LogP contribution in [0.25, 0.3) is 5.65 Å². The predicted molar refractivity (Wildman–Crippen MR) is 129 cm³/mol. The van der Waals surface area contributed by atoms with Crippen LogP contribution >= 0.6 is 11.8 Å². The molecular weight excluding hydrogens is 434 g/mol. The third kappa shape index (κ3) is 4.41. The molecule has 0 N–H and O–H groups in total. The lowest BCUT2D eigenvalue weighted by Crippen LogP contribution is -2.36. The van der Waals surface area contributed by atoms with Crippen molar-refractivity contribution in [2.24, 2.45) is 0 Å². The summed E-state index contributed by atoms with van der Waals surface area (Å²) in [7, 11) is 3.27. The highest BCUT2D eigenvalue weighted by molar-refractivity contribution is 7.98. The van der Waals surface area contributed by atoms with E-state index in [1.807, 2.05) is 70.1 Å². The molecule has 7 heteroatoms. The normalized spacial score (nSPS) is 13.1. The highest BCUT2D eigenvalue weighted by Gasteiger charge is 2.23. The number of amides is 1. The average Bonchev–Trinajstić information content (AvgIpc) is 3.29. The van der Waals surface area contributed by atoms with Crippen LogP contribution in [-0.4, -0.2) is 41.0 Å². The zero-order chi connectivity index (χ0) is 22.8. The van der Waals surface area contributed by atoms with E-state index in [4.69, 9.17) is 9.47 Å². The molecular formula is C26H25N3O3S. The van der Waals surface area contributed by atoms with E-state index in [9.17, 15) is 4.79 Å². The number of hydrogen-bond acceptors (Lipinski definition) is 5. The molecule has 0 spiro atoms. The summed E-state index contributed by atoms with van der Waals surface area (Å²) in [5, 5.41) is 0. The molecule has 5 rings (SSSR count). The summed E-state index contributed by atoms with van der Waals surface area (Å²) < 4.78 is 12.9. The maximum absolute atomic E-state index is 13.1. The first kappa shape index (κ1) is 21.4. The number of hydrogen-bond donors (Lipinski definition) is 0. The predicted octanol–water partition coefficient (Wildman–Crippen LogP) is 4.84. The van der Waals surface area contributed by atoms with Gasteiger partial charge in [0.05, 0.1) is 19.9 Å². The summed E-state index contributed by atoms with van der Waals surface area (Å²) in [4.78, 5) is 20.8. The Labute approximate surface area is 197 Å². The Hall–Kier alpha value is -3.45. The highest BCUT2D eigenvalue weighted by Crippen LogP contribution is 2.33. The molecule has 4 aromatic rings. The summed E-state index contributed by atoms with van der Waals surface area (Å²) >= 11 is 1.72. The fraction of sp³-hybridized carbons (Fsp3) is 0.231. The molecule has 3 heterocycles. The molecule has 2 aromatic heterocycles. The lowest BCUT2D eigenvalue weighted by Gasteiger charge is -2.29. The number of pyridine rings is 1. The van der Waals surface area contributed by atoms with Gasteiger partial charge in [0.1, 0.15) is 5.65 Å². The molecule has 0 atom stereocenters. The zero-order valence-corrected chi connectivity index (χ0v) is 19.5. The van der Waals surface area contributed by atoms with Gasteiger partial charge in [-0.15, -0.1) is 11.8 Å². The Morgan fingerprint density at radius 2 is 1.79 bits per heavy atom. The van der Waals surface area contributed by atoms with Crippen LogP contribution < -0.4 is 9.47 Å². The fourth-order valence-corrected chi connectivity index (χ4v) is 4.93. The molecule has 1 aliphatic heterocycles. The molecule has 33 heavy (non-hydrogen) atoms. The van der Waals surface area contributed by atoms with E-state index in [0.717, 1.165) is 39.7 Å². The molecule has 0 aliphatic carbocycles. The molecule has 1 amide bonds. The Kier molecular flexibility index (Phi) is 5.96. The van der Waals surface area contributed by atoms with E-state index in [0.29, 0.717) is 24.4 Å². The van der Waals surface area contributed by atoms with Gasteiger partial charge in [0.2, 0.25) is 0 Å². The molecule has 0 unspecified atom stereocenters. The van der Waals surface area contributed by atoms with Crippen molar-refractivity contribution >= 4 is 23.3 Å². The lowest BCUT2D eigenvalue weighted by atomic mass is 9.98. The van der Waals surface area contributed by atoms with Crippen molar-refractivity contribution in [3.8, 4) is 11.5 Å². The summed E-state index contributed by atoms with van der Waals surface area (Å²) in [5.74, 6) is 2.25. The van der Waals surface area contributed by atoms with E-state index in [1.54, 1.807) is 26.0 Å². The fourth-order valence-electron chi connectivity index (χ4n) is 4.15. The largest absolute Gasteiger partial charge is 0.493 e. The van der Waals surface area contributed by atoms with Crippen molar-refractivity contribution in [3.05, 3.63) is 89.4 Å². The summed E-state index contributed by atoms with van der Waals surface area (Å²) in [6.45, 7) is 1.25. The third-order valence-corrected chi connectivity index (χ3v) is 6.95. The number of thioether (sulfide) groups is 1. The number of imidazole rings is 1. The number of ether oxygens (including phenoxy) is 2. The summed E-state index contributed by atoms with van der Waals surface area (Å²) in [5.41, 5.74) is 5.00. The molecule has 0 bridgehead atoms. The van der Waals surface area contributed by atoms with Gasteiger partial charge >= 0.3 is 0 Å². The van der Waals surface area contributed by atoms with Gasteiger partial charge < -0.3 is 18.8 Å². The number of benzene rings is 2. The lowest BCUT2D eigenvalue weighted by molar-refractivity contribution is 0.0734. The maximum atomic E-state index is 13.1. The summed E-state index contributed by atoms with van der Waals surface area (Å²) in [6.07, 6.45) is 4.86. The van der Waals surface area contributed by atoms with Gasteiger partial charge in [0.15, 0.2) is 11.5 Å². The van der Waals surface area contributed by atoms with Crippen molar-refractivity contribution in [2.45, 2.75) is 23.6 Å². The smallest absolute Gasteiger partial charge is 0.254 e. The van der Waals surface area contributed by atoms with Crippen molar-refractivity contribution < 1.29 is 14.3 Å². The monoisotopic (exact) mass is 459 g/mol. The van der Waals surface area contributed by atoms with E-state index < -0.39 is 0 Å². The number of rotatable bonds is 6. The Balaban J connectivity index is 1.24. The Bertz CT molecular complexity index is 1270. The number of carbonyl (C=O) groups excluding carboxylic acids is 1. The van der Waals surface area contributed by atoms with Crippen molar-refractivity contribution in [1.29, 1.82) is 0 Å². The van der Waals surface area contributed by atoms with E-state index in [1.165, 1.54) is 5.56 Å². The van der Waals surface area contributed by atoms with E-state index >= 15 is 0 Å². The van der Waals surface area contributed by atoms with Gasteiger partial charge in [-0.05, 0) is 66.1 Å². The molecule has 6 nitrogen and oxygen atoms in total. The number of carbonyl (C=O) groups is 1. The van der Waals surface area contributed by atoms with Gasteiger partial charge in [-0.1, -0.05) is 6.07 Å². The van der Waals surface area contributed by atoms with Gasteiger partial charge in [-0.25, -0.2) is 4.98 Å². The van der Waals surface area contributed by atoms with E-state index in [2.05, 4.69) is 11.2 Å². The van der Waals surface area contributed by atoms with Crippen LogP contribution in [0.1, 0.15) is 27.2 Å². The second-order valence-electron chi connectivity index (χ2n) is 7.96. The second kappa shape index (κ2) is 9.19. The van der Waals surface area contributed by atoms with Crippen molar-refractivity contribution in [2.75, 3.05) is 20.8 Å². The van der Waals surface area contributed by atoms with Gasteiger partial charge in [0, 0.05) is 41.7 Å². The van der Waals surface area contributed by atoms with Crippen LogP contribution in [0.5, 0.6) is 11.5 Å². The molecule has 0 saturated heterocycles. The molecule has 168 valence electrons. The number of nitrogens with zero attached hydrogens (tertiary/aromatic N) is 3. The molecule has 0 saturated carbocycles. The first-order chi connectivity index (χ1) is 16.1. The van der Waals surface area contributed by atoms with Crippen LogP contribution in [0.4, 0.5) is 0 Å². The quantitative estimate of drug-likeness (QED) is 0.386. The maximum Gasteiger partial charge on any atom is 0.254 e. The zero-order valence-electron chi connectivity index (χ0n) is 18.7. The minimum absolute atomic E-state index is 0.0485. The van der Waals surface area contributed by atoms with Gasteiger partial charge in [0.25, 0.3) is 5.91 Å². The third-order valence-electron chi connectivity index (χ3n) is 5.91. The number of fused-ring (bicyclic) bond motifs is 2. The van der Waals surface area contributed by atoms with Crippen molar-refractivity contribution in [3.63, 3.8) is 0 Å². The molecule has 0 radical (unpaired) electrons. The Morgan fingerprint density at radius 3 is 2.52 bits per heavy atom. The molecule has 2 aromatic carbocycles. The molecule has 0 fully saturated rings. The van der Waals surface area contributed by atoms with Crippen LogP contribution in [0.2, 0.25) is 0 Å². The van der Waals surface area contributed by atoms with Crippen LogP contribution in [0.15, 0.2) is 71.9 Å². The molecule has 1 aliphatic rings. The SMILES string of the molecule is COc1cc2c(cc1OC)CN(C(=O)c1ccc(SCc3cn4ccccc4n3)cc1)CC2. The number of methoxy groups -OCH3 is 2. The summed E-state index contributed by atoms with van der Waals surface area (Å²) in [6, 6.07) is 17.8. The van der Waals surface area contributed by atoms with E-state index in [-0.39, 0.29) is 5.91 Å². The topological polar surface area (TPSA) is 56.1 Å². The van der Waals surface area contributed by atoms with Crippen LogP contribution in [0, 0.1) is 0 Å². The first-order valence-electron chi connectivity index (χ1n) is 10.8. The second-order valence-corrected chi connectivity index (χ2v) is 9.01. The first-order valence-corrected chi connectivity index (χ1v) is 11.8. The minimum atomic E-state index is 0.0485. The van der Waals surface area contributed by atoms with Crippen LogP contribution in [-0.2, 0) is 18.7 Å². The average molecular weight is 460 g/mol. The van der Waals surface area contributed by atoms with Gasteiger partial charge in [-0.2, -0.15) is 0 Å². The van der Waals surface area contributed by atoms with Gasteiger partial charge in [-0.3, -0.25) is 4.79 Å². The van der Waals surface area contributed by atoms with Crippen LogP contribution in [0.3, 0.4) is 0 Å². The number of aromatic nitrogens is 2. The highest BCUT2D eigenvalue weighted by atomic mass is 32.2. The Morgan fingerprint density at radius 1 is 1.03 bits per heavy atom. The van der Waals surface area contributed by atoms with Crippen molar-refractivity contribution in [1.82, 2.24) is 14.3 Å².